The van der Waals surface area contributed by atoms with Crippen LogP contribution in [0.2, 0.25) is 0 Å². The normalized spacial score (nSPS) is 12.0. The smallest absolute Gasteiger partial charge is 0.0295 e. The van der Waals surface area contributed by atoms with Crippen LogP contribution < -0.4 is 5.73 Å². The fourth-order valence-electron chi connectivity index (χ4n) is 1.29. The van der Waals surface area contributed by atoms with E-state index in [1.807, 2.05) is 18.2 Å². The maximum atomic E-state index is 5.97. The van der Waals surface area contributed by atoms with Crippen LogP contribution in [0.1, 0.15) is 30.9 Å². The van der Waals surface area contributed by atoms with Crippen LogP contribution in [0.4, 0.5) is 0 Å². The highest BCUT2D eigenvalue weighted by Crippen LogP contribution is 2.15. The van der Waals surface area contributed by atoms with Gasteiger partial charge in [-0.05, 0) is 18.4 Å². The van der Waals surface area contributed by atoms with Gasteiger partial charge in [-0.2, -0.15) is 0 Å². The SMILES string of the molecule is C#CCCCC(N)c1ccccc1. The molecule has 0 aliphatic heterocycles. The zero-order valence-corrected chi connectivity index (χ0v) is 7.74. The molecule has 1 heteroatoms. The molecule has 0 aliphatic carbocycles. The number of terminal acetylenes is 1. The number of unbranched alkanes of at least 4 members (excludes halogenated alkanes) is 1. The molecule has 1 rings (SSSR count). The van der Waals surface area contributed by atoms with Gasteiger partial charge in [0.05, 0.1) is 0 Å². The van der Waals surface area contributed by atoms with Crippen molar-refractivity contribution in [1.29, 1.82) is 0 Å². The lowest BCUT2D eigenvalue weighted by molar-refractivity contribution is 0.621. The Hall–Kier alpha value is -1.26. The largest absolute Gasteiger partial charge is 0.324 e. The van der Waals surface area contributed by atoms with E-state index in [0.717, 1.165) is 19.3 Å². The second kappa shape index (κ2) is 5.40. The van der Waals surface area contributed by atoms with E-state index in [0.29, 0.717) is 0 Å². The van der Waals surface area contributed by atoms with Crippen LogP contribution in [0.5, 0.6) is 0 Å². The molecule has 2 N–H and O–H groups in total. The average Bonchev–Trinajstić information content (AvgIpc) is 2.19. The topological polar surface area (TPSA) is 26.0 Å². The highest BCUT2D eigenvalue weighted by Gasteiger charge is 2.03. The predicted molar refractivity (Wildman–Crippen MR) is 56.1 cm³/mol. The molecule has 0 bridgehead atoms. The molecule has 0 amide bonds. The highest BCUT2D eigenvalue weighted by molar-refractivity contribution is 5.18. The van der Waals surface area contributed by atoms with Gasteiger partial charge in [-0.15, -0.1) is 12.3 Å². The van der Waals surface area contributed by atoms with E-state index >= 15 is 0 Å². The molecule has 1 aromatic carbocycles. The summed E-state index contributed by atoms with van der Waals surface area (Å²) >= 11 is 0. The predicted octanol–water partition coefficient (Wildman–Crippen LogP) is 2.49. The Morgan fingerprint density at radius 3 is 2.62 bits per heavy atom. The third-order valence-electron chi connectivity index (χ3n) is 2.06. The standard InChI is InChI=1S/C12H15N/c1-2-3-5-10-12(13)11-8-6-4-7-9-11/h1,4,6-9,12H,3,5,10,13H2. The van der Waals surface area contributed by atoms with E-state index < -0.39 is 0 Å². The van der Waals surface area contributed by atoms with E-state index in [1.54, 1.807) is 0 Å². The summed E-state index contributed by atoms with van der Waals surface area (Å²) < 4.78 is 0. The first kappa shape index (κ1) is 9.83. The zero-order chi connectivity index (χ0) is 9.52. The first-order chi connectivity index (χ1) is 6.34. The van der Waals surface area contributed by atoms with Crippen LogP contribution >= 0.6 is 0 Å². The molecule has 0 aromatic heterocycles. The lowest BCUT2D eigenvalue weighted by atomic mass is 10.0. The van der Waals surface area contributed by atoms with Crippen LogP contribution in [0, 0.1) is 12.3 Å². The van der Waals surface area contributed by atoms with Crippen LogP contribution in [-0.2, 0) is 0 Å². The molecule has 0 heterocycles. The second-order valence-corrected chi connectivity index (χ2v) is 3.11. The van der Waals surface area contributed by atoms with Gasteiger partial charge in [0.2, 0.25) is 0 Å². The maximum absolute atomic E-state index is 5.97. The van der Waals surface area contributed by atoms with Gasteiger partial charge in [0.15, 0.2) is 0 Å². The van der Waals surface area contributed by atoms with Gasteiger partial charge >= 0.3 is 0 Å². The summed E-state index contributed by atoms with van der Waals surface area (Å²) in [6, 6.07) is 10.3. The summed E-state index contributed by atoms with van der Waals surface area (Å²) in [5, 5.41) is 0. The van der Waals surface area contributed by atoms with Crippen molar-refractivity contribution >= 4 is 0 Å². The molecule has 13 heavy (non-hydrogen) atoms. The number of benzene rings is 1. The molecule has 1 nitrogen and oxygen atoms in total. The van der Waals surface area contributed by atoms with Crippen molar-refractivity contribution in [3.8, 4) is 12.3 Å². The van der Waals surface area contributed by atoms with Gasteiger partial charge in [-0.3, -0.25) is 0 Å². The number of nitrogens with two attached hydrogens (primary N) is 1. The van der Waals surface area contributed by atoms with Crippen molar-refractivity contribution in [2.75, 3.05) is 0 Å². The molecule has 1 atom stereocenters. The first-order valence-corrected chi connectivity index (χ1v) is 4.58. The van der Waals surface area contributed by atoms with Crippen molar-refractivity contribution in [2.24, 2.45) is 5.73 Å². The van der Waals surface area contributed by atoms with Gasteiger partial charge in [-0.25, -0.2) is 0 Å². The second-order valence-electron chi connectivity index (χ2n) is 3.11. The van der Waals surface area contributed by atoms with Crippen molar-refractivity contribution in [1.82, 2.24) is 0 Å². The minimum atomic E-state index is 0.134. The lowest BCUT2D eigenvalue weighted by Crippen LogP contribution is -2.09. The third kappa shape index (κ3) is 3.31. The Labute approximate surface area is 80.0 Å². The van der Waals surface area contributed by atoms with Crippen LogP contribution in [0.3, 0.4) is 0 Å². The highest BCUT2D eigenvalue weighted by atomic mass is 14.6. The summed E-state index contributed by atoms with van der Waals surface area (Å²) in [4.78, 5) is 0. The van der Waals surface area contributed by atoms with Gasteiger partial charge in [0.1, 0.15) is 0 Å². The fourth-order valence-corrected chi connectivity index (χ4v) is 1.29. The number of hydrogen-bond acceptors (Lipinski definition) is 1. The van der Waals surface area contributed by atoms with E-state index in [-0.39, 0.29) is 6.04 Å². The zero-order valence-electron chi connectivity index (χ0n) is 7.74. The Kier molecular flexibility index (Phi) is 4.08. The molecule has 68 valence electrons. The molecule has 1 unspecified atom stereocenters. The monoisotopic (exact) mass is 173 g/mol. The Morgan fingerprint density at radius 1 is 1.31 bits per heavy atom. The van der Waals surface area contributed by atoms with Crippen molar-refractivity contribution in [3.63, 3.8) is 0 Å². The summed E-state index contributed by atoms with van der Waals surface area (Å²) in [5.74, 6) is 2.62. The summed E-state index contributed by atoms with van der Waals surface area (Å²) in [5.41, 5.74) is 7.16. The van der Waals surface area contributed by atoms with E-state index in [9.17, 15) is 0 Å². The summed E-state index contributed by atoms with van der Waals surface area (Å²) in [6.45, 7) is 0. The van der Waals surface area contributed by atoms with Crippen LogP contribution in [-0.4, -0.2) is 0 Å². The Balaban J connectivity index is 2.41. The minimum absolute atomic E-state index is 0.134. The molecule has 0 aliphatic rings. The fraction of sp³-hybridized carbons (Fsp3) is 0.333. The third-order valence-corrected chi connectivity index (χ3v) is 2.06. The molecular weight excluding hydrogens is 158 g/mol. The maximum Gasteiger partial charge on any atom is 0.0295 e. The van der Waals surface area contributed by atoms with E-state index in [2.05, 4.69) is 18.1 Å². The number of hydrogen-bond donors (Lipinski definition) is 1. The van der Waals surface area contributed by atoms with Crippen molar-refractivity contribution in [3.05, 3.63) is 35.9 Å². The lowest BCUT2D eigenvalue weighted by Gasteiger charge is -2.10. The van der Waals surface area contributed by atoms with Gasteiger partial charge in [0.25, 0.3) is 0 Å². The molecular formula is C12H15N. The Bertz CT molecular complexity index is 271. The number of rotatable bonds is 4. The molecule has 0 radical (unpaired) electrons. The van der Waals surface area contributed by atoms with Gasteiger partial charge in [-0.1, -0.05) is 30.3 Å². The minimum Gasteiger partial charge on any atom is -0.324 e. The summed E-state index contributed by atoms with van der Waals surface area (Å²) in [7, 11) is 0. The first-order valence-electron chi connectivity index (χ1n) is 4.58. The van der Waals surface area contributed by atoms with Crippen molar-refractivity contribution < 1.29 is 0 Å². The quantitative estimate of drug-likeness (QED) is 0.549. The van der Waals surface area contributed by atoms with E-state index in [1.165, 1.54) is 5.56 Å². The van der Waals surface area contributed by atoms with Crippen molar-refractivity contribution in [2.45, 2.75) is 25.3 Å². The average molecular weight is 173 g/mol. The molecule has 1 aromatic rings. The Morgan fingerprint density at radius 2 is 2.00 bits per heavy atom. The van der Waals surface area contributed by atoms with Gasteiger partial charge in [0, 0.05) is 12.5 Å². The summed E-state index contributed by atoms with van der Waals surface area (Å²) in [6.07, 6.45) is 7.96. The van der Waals surface area contributed by atoms with Crippen LogP contribution in [0.15, 0.2) is 30.3 Å². The molecule has 0 saturated heterocycles. The molecule has 0 fully saturated rings. The molecule has 0 saturated carbocycles. The van der Waals surface area contributed by atoms with E-state index in [4.69, 9.17) is 12.2 Å². The van der Waals surface area contributed by atoms with Crippen LogP contribution in [0.25, 0.3) is 0 Å². The molecule has 0 spiro atoms. The van der Waals surface area contributed by atoms with Gasteiger partial charge < -0.3 is 5.73 Å².